The average molecular weight is 333 g/mol. The summed E-state index contributed by atoms with van der Waals surface area (Å²) >= 11 is 1.28. The normalized spacial score (nSPS) is 12.0. The fourth-order valence-electron chi connectivity index (χ4n) is 2.52. The van der Waals surface area contributed by atoms with Gasteiger partial charge < -0.3 is 15.2 Å². The monoisotopic (exact) mass is 333 g/mol. The van der Waals surface area contributed by atoms with E-state index in [9.17, 15) is 14.7 Å². The summed E-state index contributed by atoms with van der Waals surface area (Å²) in [7, 11) is 1.45. The predicted molar refractivity (Wildman–Crippen MR) is 90.2 cm³/mol. The van der Waals surface area contributed by atoms with Gasteiger partial charge in [-0.2, -0.15) is 0 Å². The van der Waals surface area contributed by atoms with Crippen molar-refractivity contribution in [3.8, 4) is 0 Å². The molecule has 2 N–H and O–H groups in total. The van der Waals surface area contributed by atoms with E-state index < -0.39 is 12.1 Å². The third-order valence-corrected chi connectivity index (χ3v) is 4.65. The lowest BCUT2D eigenvalue weighted by Gasteiger charge is -2.15. The minimum atomic E-state index is -1.03. The number of carbonyl (C=O) groups is 2. The maximum absolute atomic E-state index is 12.5. The van der Waals surface area contributed by atoms with Gasteiger partial charge in [-0.05, 0) is 24.5 Å². The topological polar surface area (TPSA) is 75.6 Å². The summed E-state index contributed by atoms with van der Waals surface area (Å²) in [4.78, 5) is 24.9. The van der Waals surface area contributed by atoms with Crippen LogP contribution in [-0.2, 0) is 16.0 Å². The molecule has 1 aromatic heterocycles. The van der Waals surface area contributed by atoms with Gasteiger partial charge in [-0.25, -0.2) is 4.79 Å². The second kappa shape index (κ2) is 7.39. The Balaban J connectivity index is 2.31. The van der Waals surface area contributed by atoms with Gasteiger partial charge in [0.2, 0.25) is 0 Å². The number of hydrogen-bond donors (Lipinski definition) is 2. The van der Waals surface area contributed by atoms with E-state index in [2.05, 4.69) is 5.32 Å². The fourth-order valence-corrected chi connectivity index (χ4v) is 3.66. The summed E-state index contributed by atoms with van der Waals surface area (Å²) in [6, 6.07) is 9.09. The van der Waals surface area contributed by atoms with Gasteiger partial charge in [-0.3, -0.25) is 4.79 Å². The van der Waals surface area contributed by atoms with Gasteiger partial charge in [0.05, 0.1) is 5.56 Å². The summed E-state index contributed by atoms with van der Waals surface area (Å²) < 4.78 is 5.28. The van der Waals surface area contributed by atoms with Crippen molar-refractivity contribution < 1.29 is 19.4 Å². The molecule has 1 aromatic carbocycles. The molecule has 6 heteroatoms. The molecule has 5 nitrogen and oxygen atoms in total. The Morgan fingerprint density at radius 3 is 2.48 bits per heavy atom. The molecule has 0 bridgehead atoms. The molecule has 2 aromatic rings. The van der Waals surface area contributed by atoms with Crippen LogP contribution >= 0.6 is 11.3 Å². The Bertz CT molecular complexity index is 709. The largest absolute Gasteiger partial charge is 0.478 e. The van der Waals surface area contributed by atoms with Crippen molar-refractivity contribution in [3.05, 3.63) is 51.9 Å². The predicted octanol–water partition coefficient (Wildman–Crippen LogP) is 3.64. The van der Waals surface area contributed by atoms with Crippen LogP contribution in [0.5, 0.6) is 0 Å². The molecule has 23 heavy (non-hydrogen) atoms. The number of anilines is 1. The summed E-state index contributed by atoms with van der Waals surface area (Å²) in [5.74, 6) is -1.42. The van der Waals surface area contributed by atoms with Crippen LogP contribution in [0.3, 0.4) is 0 Å². The molecule has 0 radical (unpaired) electrons. The summed E-state index contributed by atoms with van der Waals surface area (Å²) in [5.41, 5.74) is 1.64. The number of aromatic carboxylic acids is 1. The molecular weight excluding hydrogens is 314 g/mol. The Hall–Kier alpha value is -2.18. The number of amides is 1. The number of rotatable bonds is 6. The molecule has 0 saturated heterocycles. The molecule has 122 valence electrons. The Kier molecular flexibility index (Phi) is 5.52. The molecular formula is C17H19NO4S. The average Bonchev–Trinajstić information content (AvgIpc) is 2.84. The minimum absolute atomic E-state index is 0.172. The zero-order valence-corrected chi connectivity index (χ0v) is 14.1. The Morgan fingerprint density at radius 2 is 1.96 bits per heavy atom. The molecule has 2 rings (SSSR count). The van der Waals surface area contributed by atoms with Gasteiger partial charge >= 0.3 is 5.97 Å². The van der Waals surface area contributed by atoms with E-state index in [0.29, 0.717) is 17.0 Å². The lowest BCUT2D eigenvalue weighted by molar-refractivity contribution is -0.126. The van der Waals surface area contributed by atoms with Gasteiger partial charge in [-0.15, -0.1) is 11.3 Å². The second-order valence-corrected chi connectivity index (χ2v) is 6.24. The van der Waals surface area contributed by atoms with E-state index in [-0.39, 0.29) is 11.5 Å². The number of methoxy groups -OCH3 is 1. The zero-order valence-electron chi connectivity index (χ0n) is 13.3. The lowest BCUT2D eigenvalue weighted by Crippen LogP contribution is -2.23. The highest BCUT2D eigenvalue weighted by Gasteiger charge is 2.25. The van der Waals surface area contributed by atoms with E-state index in [0.717, 1.165) is 10.4 Å². The number of hydrogen-bond acceptors (Lipinski definition) is 4. The number of aryl methyl sites for hydroxylation is 1. The van der Waals surface area contributed by atoms with Crippen LogP contribution in [0.1, 0.15) is 39.4 Å². The van der Waals surface area contributed by atoms with Crippen LogP contribution in [-0.4, -0.2) is 24.1 Å². The summed E-state index contributed by atoms with van der Waals surface area (Å²) in [5, 5.41) is 12.5. The maximum Gasteiger partial charge on any atom is 0.339 e. The number of carbonyl (C=O) groups excluding carboxylic acids is 1. The number of thiophene rings is 1. The number of nitrogens with one attached hydrogen (secondary N) is 1. The first-order valence-corrected chi connectivity index (χ1v) is 8.05. The standard InChI is InChI=1S/C17H19NO4S/c1-4-12-10(2)23-16(13(12)17(20)21)18-15(19)14(22-3)11-8-6-5-7-9-11/h5-9,14H,4H2,1-3H3,(H,18,19)(H,20,21)/t14-/m1/s1. The third kappa shape index (κ3) is 3.60. The van der Waals surface area contributed by atoms with E-state index in [1.807, 2.05) is 32.0 Å². The SMILES string of the molecule is CCc1c(C)sc(NC(=O)[C@H](OC)c2ccccc2)c1C(=O)O. The van der Waals surface area contributed by atoms with Crippen molar-refractivity contribution >= 4 is 28.2 Å². The quantitative estimate of drug-likeness (QED) is 0.846. The van der Waals surface area contributed by atoms with E-state index in [1.54, 1.807) is 12.1 Å². The first-order chi connectivity index (χ1) is 11.0. The molecule has 0 aliphatic rings. The fraction of sp³-hybridized carbons (Fsp3) is 0.294. The van der Waals surface area contributed by atoms with Gasteiger partial charge in [0.15, 0.2) is 6.10 Å². The van der Waals surface area contributed by atoms with Crippen LogP contribution in [0.2, 0.25) is 0 Å². The van der Waals surface area contributed by atoms with Crippen molar-refractivity contribution in [1.29, 1.82) is 0 Å². The number of ether oxygens (including phenoxy) is 1. The van der Waals surface area contributed by atoms with Gasteiger partial charge in [0, 0.05) is 12.0 Å². The van der Waals surface area contributed by atoms with Crippen molar-refractivity contribution in [1.82, 2.24) is 0 Å². The van der Waals surface area contributed by atoms with Gasteiger partial charge in [0.1, 0.15) is 5.00 Å². The summed E-state index contributed by atoms with van der Waals surface area (Å²) in [6.45, 7) is 3.76. The highest BCUT2D eigenvalue weighted by Crippen LogP contribution is 2.34. The molecule has 1 amide bonds. The molecule has 0 fully saturated rings. The van der Waals surface area contributed by atoms with Crippen molar-refractivity contribution in [2.24, 2.45) is 0 Å². The van der Waals surface area contributed by atoms with Crippen LogP contribution in [0, 0.1) is 6.92 Å². The van der Waals surface area contributed by atoms with Crippen LogP contribution < -0.4 is 5.32 Å². The first-order valence-electron chi connectivity index (χ1n) is 7.23. The molecule has 1 heterocycles. The lowest BCUT2D eigenvalue weighted by atomic mass is 10.1. The number of carboxylic acids is 1. The molecule has 0 aliphatic heterocycles. The molecule has 0 saturated carbocycles. The maximum atomic E-state index is 12.5. The van der Waals surface area contributed by atoms with Crippen LogP contribution in [0.4, 0.5) is 5.00 Å². The second-order valence-electron chi connectivity index (χ2n) is 5.02. The smallest absolute Gasteiger partial charge is 0.339 e. The molecule has 0 unspecified atom stereocenters. The first kappa shape index (κ1) is 17.2. The van der Waals surface area contributed by atoms with E-state index >= 15 is 0 Å². The van der Waals surface area contributed by atoms with E-state index in [1.165, 1.54) is 18.4 Å². The highest BCUT2D eigenvalue weighted by molar-refractivity contribution is 7.16. The Labute approximate surface area is 138 Å². The molecule has 1 atom stereocenters. The Morgan fingerprint density at radius 1 is 1.30 bits per heavy atom. The van der Waals surface area contributed by atoms with E-state index in [4.69, 9.17) is 4.74 Å². The molecule has 0 aliphatic carbocycles. The van der Waals surface area contributed by atoms with Gasteiger partial charge in [0.25, 0.3) is 5.91 Å². The summed E-state index contributed by atoms with van der Waals surface area (Å²) in [6.07, 6.45) is -0.183. The van der Waals surface area contributed by atoms with Crippen molar-refractivity contribution in [2.45, 2.75) is 26.4 Å². The highest BCUT2D eigenvalue weighted by atomic mass is 32.1. The van der Waals surface area contributed by atoms with Crippen molar-refractivity contribution in [2.75, 3.05) is 12.4 Å². The molecule has 0 spiro atoms. The van der Waals surface area contributed by atoms with Crippen molar-refractivity contribution in [3.63, 3.8) is 0 Å². The van der Waals surface area contributed by atoms with Gasteiger partial charge in [-0.1, -0.05) is 37.3 Å². The third-order valence-electron chi connectivity index (χ3n) is 3.59. The number of benzene rings is 1. The zero-order chi connectivity index (χ0) is 17.0. The van der Waals surface area contributed by atoms with Crippen LogP contribution in [0.25, 0.3) is 0 Å². The van der Waals surface area contributed by atoms with Crippen LogP contribution in [0.15, 0.2) is 30.3 Å². The minimum Gasteiger partial charge on any atom is -0.478 e. The number of carboxylic acid groups (broad SMARTS) is 1.